The Balaban J connectivity index is 2.08. The van der Waals surface area contributed by atoms with Gasteiger partial charge >= 0.3 is 0 Å². The van der Waals surface area contributed by atoms with Crippen molar-refractivity contribution in [2.24, 2.45) is 0 Å². The molecule has 1 aromatic rings. The van der Waals surface area contributed by atoms with Gasteiger partial charge in [-0.3, -0.25) is 4.79 Å². The van der Waals surface area contributed by atoms with Crippen LogP contribution in [0.25, 0.3) is 0 Å². The largest absolute Gasteiger partial charge is 0.484 e. The number of hydrogen-bond acceptors (Lipinski definition) is 4. The van der Waals surface area contributed by atoms with Gasteiger partial charge in [-0.05, 0) is 24.6 Å². The van der Waals surface area contributed by atoms with Gasteiger partial charge in [0.2, 0.25) is 0 Å². The summed E-state index contributed by atoms with van der Waals surface area (Å²) < 4.78 is 10.3. The molecule has 106 valence electrons. The Hall–Kier alpha value is -1.30. The van der Waals surface area contributed by atoms with Crippen LogP contribution in [0.3, 0.4) is 0 Å². The van der Waals surface area contributed by atoms with Crippen LogP contribution in [-0.4, -0.2) is 44.0 Å². The number of benzene rings is 1. The maximum absolute atomic E-state index is 11.4. The summed E-state index contributed by atoms with van der Waals surface area (Å²) in [4.78, 5) is 11.4. The summed E-state index contributed by atoms with van der Waals surface area (Å²) in [5, 5.41) is 11.8. The van der Waals surface area contributed by atoms with E-state index in [0.717, 1.165) is 0 Å². The lowest BCUT2D eigenvalue weighted by atomic mass is 10.3. The van der Waals surface area contributed by atoms with E-state index < -0.39 is 0 Å². The van der Waals surface area contributed by atoms with E-state index in [1.165, 1.54) is 0 Å². The summed E-state index contributed by atoms with van der Waals surface area (Å²) in [7, 11) is 0. The van der Waals surface area contributed by atoms with Crippen molar-refractivity contribution in [3.05, 3.63) is 29.3 Å². The first-order valence-electron chi connectivity index (χ1n) is 6.06. The molecule has 1 aromatic carbocycles. The second-order valence-corrected chi connectivity index (χ2v) is 4.22. The number of hydrogen-bond donors (Lipinski definition) is 2. The molecule has 0 aromatic heterocycles. The molecule has 0 saturated heterocycles. The van der Waals surface area contributed by atoms with Crippen LogP contribution in [-0.2, 0) is 9.53 Å². The van der Waals surface area contributed by atoms with Gasteiger partial charge in [0.1, 0.15) is 5.75 Å². The SMILES string of the molecule is O=C(COc1cccc(Cl)c1)NCCCOCCO. The van der Waals surface area contributed by atoms with Gasteiger partial charge in [0.15, 0.2) is 6.61 Å². The number of rotatable bonds is 9. The lowest BCUT2D eigenvalue weighted by molar-refractivity contribution is -0.123. The number of amides is 1. The van der Waals surface area contributed by atoms with Crippen LogP contribution in [0.4, 0.5) is 0 Å². The molecular weight excluding hydrogens is 270 g/mol. The monoisotopic (exact) mass is 287 g/mol. The minimum absolute atomic E-state index is 0.0137. The molecule has 5 nitrogen and oxygen atoms in total. The van der Waals surface area contributed by atoms with Gasteiger partial charge < -0.3 is 19.9 Å². The number of nitrogens with one attached hydrogen (secondary N) is 1. The van der Waals surface area contributed by atoms with Gasteiger partial charge in [0.05, 0.1) is 13.2 Å². The highest BCUT2D eigenvalue weighted by molar-refractivity contribution is 6.30. The minimum atomic E-state index is -0.192. The number of aliphatic hydroxyl groups excluding tert-OH is 1. The summed E-state index contributed by atoms with van der Waals surface area (Å²) in [6.07, 6.45) is 0.697. The quantitative estimate of drug-likeness (QED) is 0.671. The second-order valence-electron chi connectivity index (χ2n) is 3.79. The second kappa shape index (κ2) is 9.61. The molecule has 1 rings (SSSR count). The van der Waals surface area contributed by atoms with E-state index in [1.54, 1.807) is 24.3 Å². The predicted octanol–water partition coefficient (Wildman–Crippen LogP) is 1.23. The molecule has 2 N–H and O–H groups in total. The normalized spacial score (nSPS) is 10.2. The molecule has 0 fully saturated rings. The number of ether oxygens (including phenoxy) is 2. The number of aliphatic hydroxyl groups is 1. The van der Waals surface area contributed by atoms with Gasteiger partial charge in [-0.25, -0.2) is 0 Å². The van der Waals surface area contributed by atoms with Crippen molar-refractivity contribution in [2.75, 3.05) is 33.0 Å². The lowest BCUT2D eigenvalue weighted by Crippen LogP contribution is -2.30. The van der Waals surface area contributed by atoms with Crippen LogP contribution in [0.5, 0.6) is 5.75 Å². The van der Waals surface area contributed by atoms with Crippen molar-refractivity contribution in [2.45, 2.75) is 6.42 Å². The highest BCUT2D eigenvalue weighted by atomic mass is 35.5. The van der Waals surface area contributed by atoms with Crippen LogP contribution >= 0.6 is 11.6 Å². The molecule has 0 aliphatic carbocycles. The van der Waals surface area contributed by atoms with Gasteiger partial charge in [-0.2, -0.15) is 0 Å². The Morgan fingerprint density at radius 3 is 2.95 bits per heavy atom. The van der Waals surface area contributed by atoms with Crippen molar-refractivity contribution in [1.82, 2.24) is 5.32 Å². The minimum Gasteiger partial charge on any atom is -0.484 e. The summed E-state index contributed by atoms with van der Waals surface area (Å²) in [5.41, 5.74) is 0. The summed E-state index contributed by atoms with van der Waals surface area (Å²) >= 11 is 5.79. The standard InChI is InChI=1S/C13H18ClNO4/c14-11-3-1-4-12(9-11)19-10-13(17)15-5-2-7-18-8-6-16/h1,3-4,9,16H,2,5-8,10H2,(H,15,17). The Morgan fingerprint density at radius 1 is 1.37 bits per heavy atom. The third kappa shape index (κ3) is 7.66. The van der Waals surface area contributed by atoms with Gasteiger partial charge in [0.25, 0.3) is 5.91 Å². The van der Waals surface area contributed by atoms with Crippen molar-refractivity contribution in [1.29, 1.82) is 0 Å². The van der Waals surface area contributed by atoms with E-state index in [0.29, 0.717) is 37.0 Å². The Morgan fingerprint density at radius 2 is 2.21 bits per heavy atom. The number of carbonyl (C=O) groups is 1. The lowest BCUT2D eigenvalue weighted by Gasteiger charge is -2.07. The van der Waals surface area contributed by atoms with Crippen LogP contribution in [0, 0.1) is 0 Å². The highest BCUT2D eigenvalue weighted by Crippen LogP contribution is 2.16. The van der Waals surface area contributed by atoms with Crippen LogP contribution in [0.2, 0.25) is 5.02 Å². The van der Waals surface area contributed by atoms with Gasteiger partial charge in [-0.1, -0.05) is 17.7 Å². The third-order valence-electron chi connectivity index (χ3n) is 2.19. The zero-order valence-corrected chi connectivity index (χ0v) is 11.4. The molecule has 6 heteroatoms. The Kier molecular flexibility index (Phi) is 7.97. The van der Waals surface area contributed by atoms with Crippen molar-refractivity contribution < 1.29 is 19.4 Å². The summed E-state index contributed by atoms with van der Waals surface area (Å²) in [6.45, 7) is 1.32. The van der Waals surface area contributed by atoms with Gasteiger partial charge in [-0.15, -0.1) is 0 Å². The average molecular weight is 288 g/mol. The molecule has 0 saturated carbocycles. The molecule has 1 amide bonds. The fraction of sp³-hybridized carbons (Fsp3) is 0.462. The van der Waals surface area contributed by atoms with Crippen molar-refractivity contribution >= 4 is 17.5 Å². The smallest absolute Gasteiger partial charge is 0.257 e. The first kappa shape index (κ1) is 15.8. The van der Waals surface area contributed by atoms with Crippen LogP contribution in [0.1, 0.15) is 6.42 Å². The first-order valence-corrected chi connectivity index (χ1v) is 6.44. The Labute approximate surface area is 117 Å². The fourth-order valence-corrected chi connectivity index (χ4v) is 1.51. The summed E-state index contributed by atoms with van der Waals surface area (Å²) in [6, 6.07) is 6.88. The molecule has 0 aliphatic heterocycles. The third-order valence-corrected chi connectivity index (χ3v) is 2.42. The van der Waals surface area contributed by atoms with Crippen molar-refractivity contribution in [3.8, 4) is 5.75 Å². The van der Waals surface area contributed by atoms with Gasteiger partial charge in [0, 0.05) is 18.2 Å². The predicted molar refractivity (Wildman–Crippen MR) is 72.5 cm³/mol. The van der Waals surface area contributed by atoms with E-state index >= 15 is 0 Å². The molecule has 0 atom stereocenters. The molecule has 0 spiro atoms. The van der Waals surface area contributed by atoms with E-state index in [1.807, 2.05) is 0 Å². The van der Waals surface area contributed by atoms with Crippen LogP contribution < -0.4 is 10.1 Å². The topological polar surface area (TPSA) is 67.8 Å². The maximum atomic E-state index is 11.4. The molecule has 0 heterocycles. The zero-order valence-electron chi connectivity index (χ0n) is 10.6. The van der Waals surface area contributed by atoms with E-state index in [4.69, 9.17) is 26.2 Å². The molecule has 0 radical (unpaired) electrons. The van der Waals surface area contributed by atoms with E-state index in [-0.39, 0.29) is 19.1 Å². The zero-order chi connectivity index (χ0) is 13.9. The van der Waals surface area contributed by atoms with Crippen molar-refractivity contribution in [3.63, 3.8) is 0 Å². The van der Waals surface area contributed by atoms with E-state index in [9.17, 15) is 4.79 Å². The Bertz CT molecular complexity index is 387. The first-order chi connectivity index (χ1) is 9.22. The molecule has 0 unspecified atom stereocenters. The number of carbonyl (C=O) groups excluding carboxylic acids is 1. The molecule has 19 heavy (non-hydrogen) atoms. The highest BCUT2D eigenvalue weighted by Gasteiger charge is 2.02. The molecule has 0 bridgehead atoms. The average Bonchev–Trinajstić information content (AvgIpc) is 2.40. The van der Waals surface area contributed by atoms with Crippen LogP contribution in [0.15, 0.2) is 24.3 Å². The maximum Gasteiger partial charge on any atom is 0.257 e. The summed E-state index contributed by atoms with van der Waals surface area (Å²) in [5.74, 6) is 0.371. The number of halogens is 1. The van der Waals surface area contributed by atoms with E-state index in [2.05, 4.69) is 5.32 Å². The molecular formula is C13H18ClNO4. The molecule has 0 aliphatic rings. The fourth-order valence-electron chi connectivity index (χ4n) is 1.33.